The van der Waals surface area contributed by atoms with Crippen LogP contribution in [0.15, 0.2) is 48.5 Å². The van der Waals surface area contributed by atoms with E-state index in [0.717, 1.165) is 25.0 Å². The van der Waals surface area contributed by atoms with Crippen molar-refractivity contribution in [3.8, 4) is 0 Å². The number of morpholine rings is 1. The smallest absolute Gasteiger partial charge is 0.254 e. The molecule has 2 aromatic carbocycles. The highest BCUT2D eigenvalue weighted by molar-refractivity contribution is 5.97. The number of aromatic amines is 1. The topological polar surface area (TPSA) is 97.9 Å². The zero-order chi connectivity index (χ0) is 23.5. The predicted molar refractivity (Wildman–Crippen MR) is 129 cm³/mol. The van der Waals surface area contributed by atoms with Gasteiger partial charge in [-0.1, -0.05) is 18.2 Å². The molecule has 34 heavy (non-hydrogen) atoms. The van der Waals surface area contributed by atoms with E-state index in [1.165, 1.54) is 16.6 Å². The summed E-state index contributed by atoms with van der Waals surface area (Å²) in [4.78, 5) is 32.5. The van der Waals surface area contributed by atoms with Crippen LogP contribution in [-0.2, 0) is 17.7 Å². The second kappa shape index (κ2) is 9.97. The molecule has 3 N–H and O–H groups in total. The van der Waals surface area contributed by atoms with Gasteiger partial charge in [-0.15, -0.1) is 0 Å². The first-order valence-corrected chi connectivity index (χ1v) is 11.8. The molecular weight excluding hydrogens is 432 g/mol. The Bertz CT molecular complexity index is 1170. The molecule has 1 unspecified atom stereocenters. The van der Waals surface area contributed by atoms with Crippen LogP contribution in [-0.4, -0.2) is 83.7 Å². The molecule has 8 heteroatoms. The number of carbonyl (C=O) groups excluding carboxylic acids is 2. The van der Waals surface area contributed by atoms with Gasteiger partial charge in [0.25, 0.3) is 11.8 Å². The van der Waals surface area contributed by atoms with Gasteiger partial charge in [-0.05, 0) is 42.3 Å². The Hall–Kier alpha value is -3.20. The molecule has 3 aromatic rings. The number of aliphatic hydroxyl groups excluding tert-OH is 1. The summed E-state index contributed by atoms with van der Waals surface area (Å²) in [5.74, 6) is -0.314. The molecule has 5 rings (SSSR count). The van der Waals surface area contributed by atoms with Crippen LogP contribution in [0, 0.1) is 0 Å². The number of carbonyl (C=O) groups is 2. The van der Waals surface area contributed by atoms with Gasteiger partial charge in [-0.2, -0.15) is 0 Å². The first-order valence-electron chi connectivity index (χ1n) is 11.8. The number of benzene rings is 2. The minimum absolute atomic E-state index is 0.0506. The fourth-order valence-corrected chi connectivity index (χ4v) is 4.79. The number of aliphatic hydroxyl groups is 1. The lowest BCUT2D eigenvalue weighted by Gasteiger charge is -2.29. The SMILES string of the molecule is O=C(NCC(O)CN1CCc2c([nH]c3ccccc23)C1)c1ccc(C(=O)N2CCOCC2)cc1. The van der Waals surface area contributed by atoms with Crippen LogP contribution in [0.4, 0.5) is 0 Å². The number of rotatable bonds is 6. The molecule has 0 spiro atoms. The van der Waals surface area contributed by atoms with Crippen molar-refractivity contribution < 1.29 is 19.4 Å². The Balaban J connectivity index is 1.11. The quantitative estimate of drug-likeness (QED) is 0.519. The first kappa shape index (κ1) is 22.6. The molecule has 0 saturated carbocycles. The Morgan fingerprint density at radius 2 is 1.76 bits per heavy atom. The van der Waals surface area contributed by atoms with Crippen molar-refractivity contribution in [2.75, 3.05) is 45.9 Å². The predicted octanol–water partition coefficient (Wildman–Crippen LogP) is 1.79. The van der Waals surface area contributed by atoms with E-state index < -0.39 is 6.10 Å². The maximum Gasteiger partial charge on any atom is 0.254 e. The van der Waals surface area contributed by atoms with Crippen LogP contribution in [0.1, 0.15) is 32.0 Å². The molecule has 1 aromatic heterocycles. The van der Waals surface area contributed by atoms with E-state index in [4.69, 9.17) is 4.74 Å². The lowest BCUT2D eigenvalue weighted by atomic mass is 10.0. The first-order chi connectivity index (χ1) is 16.6. The molecule has 2 amide bonds. The minimum atomic E-state index is -0.669. The summed E-state index contributed by atoms with van der Waals surface area (Å²) in [6, 6.07) is 15.0. The van der Waals surface area contributed by atoms with E-state index >= 15 is 0 Å². The van der Waals surface area contributed by atoms with Crippen LogP contribution in [0.3, 0.4) is 0 Å². The number of nitrogens with one attached hydrogen (secondary N) is 2. The van der Waals surface area contributed by atoms with Gasteiger partial charge in [-0.3, -0.25) is 14.5 Å². The number of aromatic nitrogens is 1. The summed E-state index contributed by atoms with van der Waals surface area (Å²) >= 11 is 0. The number of β-amino-alcohol motifs (C(OH)–C–C–N with tert-alkyl or cyclic N) is 1. The number of ether oxygens (including phenoxy) is 1. The molecule has 1 atom stereocenters. The van der Waals surface area contributed by atoms with E-state index in [0.29, 0.717) is 44.0 Å². The van der Waals surface area contributed by atoms with E-state index in [9.17, 15) is 14.7 Å². The molecule has 8 nitrogen and oxygen atoms in total. The third-order valence-electron chi connectivity index (χ3n) is 6.62. The van der Waals surface area contributed by atoms with Crippen molar-refractivity contribution in [3.05, 3.63) is 70.9 Å². The van der Waals surface area contributed by atoms with Gasteiger partial charge in [-0.25, -0.2) is 0 Å². The number of fused-ring (bicyclic) bond motifs is 3. The van der Waals surface area contributed by atoms with Crippen molar-refractivity contribution in [1.29, 1.82) is 0 Å². The van der Waals surface area contributed by atoms with Crippen LogP contribution in [0.5, 0.6) is 0 Å². The average molecular weight is 463 g/mol. The van der Waals surface area contributed by atoms with Crippen molar-refractivity contribution in [3.63, 3.8) is 0 Å². The molecule has 1 fully saturated rings. The highest BCUT2D eigenvalue weighted by atomic mass is 16.5. The Labute approximate surface area is 198 Å². The highest BCUT2D eigenvalue weighted by Gasteiger charge is 2.23. The minimum Gasteiger partial charge on any atom is -0.390 e. The summed E-state index contributed by atoms with van der Waals surface area (Å²) in [6.45, 7) is 4.55. The molecule has 0 bridgehead atoms. The fourth-order valence-electron chi connectivity index (χ4n) is 4.79. The normalized spacial score (nSPS) is 17.4. The summed E-state index contributed by atoms with van der Waals surface area (Å²) < 4.78 is 5.29. The number of H-pyrrole nitrogens is 1. The summed E-state index contributed by atoms with van der Waals surface area (Å²) in [6.07, 6.45) is 0.269. The Morgan fingerprint density at radius 1 is 1.03 bits per heavy atom. The molecular formula is C26H30N4O4. The number of para-hydroxylation sites is 1. The Kier molecular flexibility index (Phi) is 6.62. The van der Waals surface area contributed by atoms with Crippen LogP contribution in [0.25, 0.3) is 10.9 Å². The standard InChI is InChI=1S/C26H30N4O4/c31-20(16-29-10-9-22-21-3-1-2-4-23(21)28-24(22)17-29)15-27-25(32)18-5-7-19(8-6-18)26(33)30-11-13-34-14-12-30/h1-8,20,28,31H,9-17H2,(H,27,32). The zero-order valence-electron chi connectivity index (χ0n) is 19.1. The second-order valence-electron chi connectivity index (χ2n) is 8.96. The van der Waals surface area contributed by atoms with Crippen LogP contribution < -0.4 is 5.32 Å². The van der Waals surface area contributed by atoms with E-state index in [1.54, 1.807) is 29.2 Å². The van der Waals surface area contributed by atoms with E-state index in [-0.39, 0.29) is 18.4 Å². The largest absolute Gasteiger partial charge is 0.390 e. The number of hydrogen-bond donors (Lipinski definition) is 3. The highest BCUT2D eigenvalue weighted by Crippen LogP contribution is 2.27. The van der Waals surface area contributed by atoms with Gasteiger partial charge in [0.1, 0.15) is 0 Å². The van der Waals surface area contributed by atoms with Crippen LogP contribution >= 0.6 is 0 Å². The summed E-state index contributed by atoms with van der Waals surface area (Å²) in [5.41, 5.74) is 4.74. The lowest BCUT2D eigenvalue weighted by Crippen LogP contribution is -2.42. The molecule has 2 aliphatic heterocycles. The molecule has 0 radical (unpaired) electrons. The fraction of sp³-hybridized carbons (Fsp3) is 0.385. The number of hydrogen-bond acceptors (Lipinski definition) is 5. The molecule has 0 aliphatic carbocycles. The van der Waals surface area contributed by atoms with Gasteiger partial charge >= 0.3 is 0 Å². The zero-order valence-corrected chi connectivity index (χ0v) is 19.1. The van der Waals surface area contributed by atoms with Crippen LogP contribution in [0.2, 0.25) is 0 Å². The van der Waals surface area contributed by atoms with Gasteiger partial charge in [0.15, 0.2) is 0 Å². The lowest BCUT2D eigenvalue weighted by molar-refractivity contribution is 0.0303. The Morgan fingerprint density at radius 3 is 2.56 bits per heavy atom. The van der Waals surface area contributed by atoms with Gasteiger partial charge in [0.05, 0.1) is 19.3 Å². The monoisotopic (exact) mass is 462 g/mol. The van der Waals surface area contributed by atoms with E-state index in [2.05, 4.69) is 33.4 Å². The van der Waals surface area contributed by atoms with Crippen molar-refractivity contribution in [2.45, 2.75) is 19.1 Å². The van der Waals surface area contributed by atoms with Gasteiger partial charge in [0.2, 0.25) is 0 Å². The van der Waals surface area contributed by atoms with Crippen molar-refractivity contribution >= 4 is 22.7 Å². The molecule has 3 heterocycles. The summed E-state index contributed by atoms with van der Waals surface area (Å²) in [5, 5.41) is 14.6. The number of nitrogens with zero attached hydrogens (tertiary/aromatic N) is 2. The summed E-state index contributed by atoms with van der Waals surface area (Å²) in [7, 11) is 0. The third kappa shape index (κ3) is 4.84. The molecule has 1 saturated heterocycles. The third-order valence-corrected chi connectivity index (χ3v) is 6.62. The maximum atomic E-state index is 12.5. The van der Waals surface area contributed by atoms with Crippen molar-refractivity contribution in [1.82, 2.24) is 20.1 Å². The number of amides is 2. The average Bonchev–Trinajstić information content (AvgIpc) is 3.25. The second-order valence-corrected chi connectivity index (χ2v) is 8.96. The molecule has 2 aliphatic rings. The molecule has 178 valence electrons. The maximum absolute atomic E-state index is 12.5. The van der Waals surface area contributed by atoms with Gasteiger partial charge in [0, 0.05) is 67.0 Å². The van der Waals surface area contributed by atoms with E-state index in [1.807, 2.05) is 6.07 Å². The van der Waals surface area contributed by atoms with Gasteiger partial charge < -0.3 is 25.0 Å². The van der Waals surface area contributed by atoms with Crippen molar-refractivity contribution in [2.24, 2.45) is 0 Å².